The first-order chi connectivity index (χ1) is 21.5. The summed E-state index contributed by atoms with van der Waals surface area (Å²) in [5.41, 5.74) is 6.22. The Morgan fingerprint density at radius 2 is 1.73 bits per heavy atom. The van der Waals surface area contributed by atoms with Crippen LogP contribution in [0, 0.1) is 0 Å². The summed E-state index contributed by atoms with van der Waals surface area (Å²) in [5, 5.41) is 13.1. The van der Waals surface area contributed by atoms with Gasteiger partial charge in [0, 0.05) is 30.9 Å². The minimum absolute atomic E-state index is 0.0214. The number of pyridine rings is 1. The van der Waals surface area contributed by atoms with Crippen molar-refractivity contribution in [3.8, 4) is 11.1 Å². The van der Waals surface area contributed by atoms with Gasteiger partial charge in [-0.25, -0.2) is 4.98 Å². The zero-order valence-corrected chi connectivity index (χ0v) is 25.2. The number of benzene rings is 3. The normalized spacial score (nSPS) is 18.2. The number of ether oxygens (including phenoxy) is 2. The van der Waals surface area contributed by atoms with Gasteiger partial charge in [0.05, 0.1) is 37.3 Å². The van der Waals surface area contributed by atoms with E-state index in [1.165, 1.54) is 0 Å². The number of rotatable bonds is 9. The maximum atomic E-state index is 12.6. The van der Waals surface area contributed by atoms with Gasteiger partial charge in [0.25, 0.3) is 5.91 Å². The number of halogens is 2. The molecule has 1 fully saturated rings. The molecule has 0 radical (unpaired) electrons. The summed E-state index contributed by atoms with van der Waals surface area (Å²) in [6, 6.07) is 27.3. The minimum atomic E-state index is -0.628. The van der Waals surface area contributed by atoms with Crippen LogP contribution in [0.3, 0.4) is 0 Å². The van der Waals surface area contributed by atoms with Gasteiger partial charge in [-0.1, -0.05) is 96.0 Å². The lowest BCUT2D eigenvalue weighted by Gasteiger charge is -2.36. The van der Waals surface area contributed by atoms with Gasteiger partial charge in [0.2, 0.25) is 0 Å². The number of hydrogen-bond donors (Lipinski definition) is 2. The van der Waals surface area contributed by atoms with E-state index >= 15 is 0 Å². The second kappa shape index (κ2) is 13.7. The standard InChI is InChI=1S/C34H30Cl2N4O4/c35-31-32(36)40(21-39-31)19-28-16-30(24-9-7-22(20-41)8-10-24)44-34(43-28)25-13-11-23(12-14-25)29-6-2-1-4-26(29)18-38-33(42)27-5-3-15-37-17-27/h1-15,17,21,28,30,34,41H,16,18-20H2,(H,38,42). The van der Waals surface area contributed by atoms with E-state index in [4.69, 9.17) is 32.7 Å². The molecule has 3 heterocycles. The van der Waals surface area contributed by atoms with Gasteiger partial charge in [-0.2, -0.15) is 0 Å². The first-order valence-electron chi connectivity index (χ1n) is 14.2. The minimum Gasteiger partial charge on any atom is -0.392 e. The Kier molecular flexibility index (Phi) is 9.35. The maximum absolute atomic E-state index is 12.6. The molecule has 2 N–H and O–H groups in total. The number of aliphatic hydroxyl groups is 1. The first kappa shape index (κ1) is 30.0. The molecule has 8 nitrogen and oxygen atoms in total. The Morgan fingerprint density at radius 1 is 0.955 bits per heavy atom. The van der Waals surface area contributed by atoms with E-state index in [0.717, 1.165) is 33.4 Å². The van der Waals surface area contributed by atoms with Crippen molar-refractivity contribution in [3.05, 3.63) is 142 Å². The van der Waals surface area contributed by atoms with Crippen LogP contribution in [0.25, 0.3) is 11.1 Å². The third kappa shape index (κ3) is 6.85. The molecule has 3 atom stereocenters. The number of imidazole rings is 1. The Morgan fingerprint density at radius 3 is 2.43 bits per heavy atom. The largest absolute Gasteiger partial charge is 0.392 e. The Hall–Kier alpha value is -4.05. The molecule has 0 bridgehead atoms. The van der Waals surface area contributed by atoms with Crippen LogP contribution in [-0.2, 0) is 29.2 Å². The smallest absolute Gasteiger partial charge is 0.253 e. The summed E-state index contributed by atoms with van der Waals surface area (Å²) in [5.74, 6) is -0.177. The van der Waals surface area contributed by atoms with E-state index in [9.17, 15) is 9.90 Å². The summed E-state index contributed by atoms with van der Waals surface area (Å²) < 4.78 is 14.7. The number of carbonyl (C=O) groups excluding carboxylic acids is 1. The van der Waals surface area contributed by atoms with Crippen LogP contribution >= 0.6 is 23.2 Å². The predicted molar refractivity (Wildman–Crippen MR) is 168 cm³/mol. The van der Waals surface area contributed by atoms with Crippen molar-refractivity contribution in [1.82, 2.24) is 19.9 Å². The molecule has 1 amide bonds. The molecule has 1 saturated heterocycles. The highest BCUT2D eigenvalue weighted by Gasteiger charge is 2.33. The number of nitrogens with zero attached hydrogens (tertiary/aromatic N) is 3. The molecule has 1 aliphatic rings. The molecule has 3 aromatic carbocycles. The van der Waals surface area contributed by atoms with Gasteiger partial charge in [-0.3, -0.25) is 9.78 Å². The number of aromatic nitrogens is 3. The molecule has 0 aliphatic carbocycles. The van der Waals surface area contributed by atoms with Gasteiger partial charge in [0.15, 0.2) is 11.4 Å². The fraction of sp³-hybridized carbons (Fsp3) is 0.206. The Bertz CT molecular complexity index is 1710. The molecule has 10 heteroatoms. The van der Waals surface area contributed by atoms with Crippen LogP contribution in [0.2, 0.25) is 10.3 Å². The highest BCUT2D eigenvalue weighted by molar-refractivity contribution is 6.40. The molecule has 224 valence electrons. The lowest BCUT2D eigenvalue weighted by atomic mass is 9.97. The first-order valence-corrected chi connectivity index (χ1v) is 15.0. The molecule has 0 saturated carbocycles. The van der Waals surface area contributed by atoms with Crippen molar-refractivity contribution in [2.75, 3.05) is 0 Å². The summed E-state index contributed by atoms with van der Waals surface area (Å²) in [4.78, 5) is 20.7. The fourth-order valence-corrected chi connectivity index (χ4v) is 5.59. The Balaban J connectivity index is 1.21. The topological polar surface area (TPSA) is 98.5 Å². The SMILES string of the molecule is O=C(NCc1ccccc1-c1ccc(C2OC(Cn3cnc(Cl)c3Cl)CC(c3ccc(CO)cc3)O2)cc1)c1cccnc1. The van der Waals surface area contributed by atoms with Gasteiger partial charge in [-0.05, 0) is 39.9 Å². The molecular weight excluding hydrogens is 599 g/mol. The van der Waals surface area contributed by atoms with E-state index in [-0.39, 0.29) is 29.9 Å². The van der Waals surface area contributed by atoms with Crippen molar-refractivity contribution in [2.24, 2.45) is 0 Å². The van der Waals surface area contributed by atoms with Crippen LogP contribution in [-0.4, -0.2) is 31.7 Å². The van der Waals surface area contributed by atoms with Crippen molar-refractivity contribution in [2.45, 2.75) is 44.6 Å². The van der Waals surface area contributed by atoms with Gasteiger partial charge in [-0.15, -0.1) is 0 Å². The van der Waals surface area contributed by atoms with Gasteiger partial charge < -0.3 is 24.5 Å². The zero-order valence-electron chi connectivity index (χ0n) is 23.6. The number of amides is 1. The van der Waals surface area contributed by atoms with Crippen LogP contribution < -0.4 is 5.32 Å². The van der Waals surface area contributed by atoms with Crippen LogP contribution in [0.4, 0.5) is 0 Å². The molecule has 5 aromatic rings. The van der Waals surface area contributed by atoms with Crippen molar-refractivity contribution in [1.29, 1.82) is 0 Å². The third-order valence-electron chi connectivity index (χ3n) is 7.62. The fourth-order valence-electron chi connectivity index (χ4n) is 5.27. The molecular formula is C34H30Cl2N4O4. The number of nitrogens with one attached hydrogen (secondary N) is 1. The average Bonchev–Trinajstić information content (AvgIpc) is 3.39. The number of hydrogen-bond acceptors (Lipinski definition) is 6. The molecule has 2 aromatic heterocycles. The average molecular weight is 630 g/mol. The molecule has 3 unspecified atom stereocenters. The number of aliphatic hydroxyl groups excluding tert-OH is 1. The number of carbonyl (C=O) groups is 1. The summed E-state index contributed by atoms with van der Waals surface area (Å²) >= 11 is 12.5. The van der Waals surface area contributed by atoms with E-state index in [1.54, 1.807) is 35.4 Å². The van der Waals surface area contributed by atoms with Crippen LogP contribution in [0.1, 0.15) is 51.4 Å². The molecule has 1 aliphatic heterocycles. The van der Waals surface area contributed by atoms with Crippen LogP contribution in [0.5, 0.6) is 0 Å². The lowest BCUT2D eigenvalue weighted by Crippen LogP contribution is -2.32. The second-order valence-electron chi connectivity index (χ2n) is 10.5. The van der Waals surface area contributed by atoms with E-state index in [2.05, 4.69) is 15.3 Å². The summed E-state index contributed by atoms with van der Waals surface area (Å²) in [7, 11) is 0. The predicted octanol–water partition coefficient (Wildman–Crippen LogP) is 6.92. The molecule has 6 rings (SSSR count). The highest BCUT2D eigenvalue weighted by Crippen LogP contribution is 2.39. The van der Waals surface area contributed by atoms with Crippen LogP contribution in [0.15, 0.2) is 104 Å². The zero-order chi connectivity index (χ0) is 30.5. The van der Waals surface area contributed by atoms with Crippen molar-refractivity contribution in [3.63, 3.8) is 0 Å². The van der Waals surface area contributed by atoms with Gasteiger partial charge in [0.1, 0.15) is 5.15 Å². The van der Waals surface area contributed by atoms with E-state index in [1.807, 2.05) is 72.8 Å². The third-order valence-corrected chi connectivity index (χ3v) is 8.39. The molecule has 44 heavy (non-hydrogen) atoms. The molecule has 0 spiro atoms. The maximum Gasteiger partial charge on any atom is 0.253 e. The van der Waals surface area contributed by atoms with Crippen molar-refractivity contribution >= 4 is 29.1 Å². The summed E-state index contributed by atoms with van der Waals surface area (Å²) in [6.45, 7) is 0.812. The van der Waals surface area contributed by atoms with Gasteiger partial charge >= 0.3 is 0 Å². The second-order valence-corrected chi connectivity index (χ2v) is 11.2. The monoisotopic (exact) mass is 628 g/mol. The van der Waals surface area contributed by atoms with E-state index in [0.29, 0.717) is 30.2 Å². The highest BCUT2D eigenvalue weighted by atomic mass is 35.5. The van der Waals surface area contributed by atoms with E-state index < -0.39 is 6.29 Å². The quantitative estimate of drug-likeness (QED) is 0.184. The van der Waals surface area contributed by atoms with Crippen molar-refractivity contribution < 1.29 is 19.4 Å². The lowest BCUT2D eigenvalue weighted by molar-refractivity contribution is -0.252. The summed E-state index contributed by atoms with van der Waals surface area (Å²) in [6.07, 6.45) is 4.29. The Labute approximate surface area is 265 Å².